The summed E-state index contributed by atoms with van der Waals surface area (Å²) in [6.45, 7) is 8.02. The predicted molar refractivity (Wildman–Crippen MR) is 112 cm³/mol. The molecule has 152 valence electrons. The van der Waals surface area contributed by atoms with E-state index in [2.05, 4.69) is 13.8 Å². The molecule has 1 aromatic rings. The molecule has 1 aliphatic heterocycles. The molecule has 0 aromatic heterocycles. The number of rotatable bonds is 6. The van der Waals surface area contributed by atoms with E-state index in [-0.39, 0.29) is 30.3 Å². The Morgan fingerprint density at radius 2 is 1.89 bits per heavy atom. The van der Waals surface area contributed by atoms with Crippen molar-refractivity contribution in [2.75, 3.05) is 26.7 Å². The highest BCUT2D eigenvalue weighted by Gasteiger charge is 2.41. The monoisotopic (exact) mass is 395 g/mol. The van der Waals surface area contributed by atoms with Crippen molar-refractivity contribution in [1.29, 1.82) is 0 Å². The number of carbonyl (C=O) groups excluding carboxylic acids is 2. The van der Waals surface area contributed by atoms with Crippen LogP contribution in [0.3, 0.4) is 0 Å². The standard InChI is InChI=1S/C21H33N3O2.ClH/c1-16(2)18(22)11-14-23(4)20(26)21(3)12-8-13-24(15-21)19(25)17-9-6-5-7-10-17;/h5-7,9-10,16,18H,8,11-15,22H2,1-4H3;1H. The molecule has 5 nitrogen and oxygen atoms in total. The van der Waals surface area contributed by atoms with Gasteiger partial charge in [0.25, 0.3) is 5.91 Å². The van der Waals surface area contributed by atoms with Gasteiger partial charge in [0.05, 0.1) is 5.41 Å². The van der Waals surface area contributed by atoms with Gasteiger partial charge in [-0.2, -0.15) is 0 Å². The van der Waals surface area contributed by atoms with E-state index in [9.17, 15) is 9.59 Å². The summed E-state index contributed by atoms with van der Waals surface area (Å²) in [6.07, 6.45) is 2.45. The van der Waals surface area contributed by atoms with Crippen molar-refractivity contribution in [2.45, 2.75) is 46.1 Å². The summed E-state index contributed by atoms with van der Waals surface area (Å²) >= 11 is 0. The van der Waals surface area contributed by atoms with Crippen molar-refractivity contribution >= 4 is 24.2 Å². The number of likely N-dealkylation sites (tertiary alicyclic amines) is 1. The molecular formula is C21H34ClN3O2. The summed E-state index contributed by atoms with van der Waals surface area (Å²) in [4.78, 5) is 29.4. The highest BCUT2D eigenvalue weighted by atomic mass is 35.5. The number of hydrogen-bond acceptors (Lipinski definition) is 3. The second-order valence-electron chi connectivity index (χ2n) is 8.18. The Balaban J connectivity index is 0.00000364. The quantitative estimate of drug-likeness (QED) is 0.804. The lowest BCUT2D eigenvalue weighted by Gasteiger charge is -2.41. The van der Waals surface area contributed by atoms with Crippen molar-refractivity contribution in [1.82, 2.24) is 9.80 Å². The van der Waals surface area contributed by atoms with Crippen LogP contribution in [0.2, 0.25) is 0 Å². The van der Waals surface area contributed by atoms with E-state index in [1.807, 2.05) is 49.2 Å². The lowest BCUT2D eigenvalue weighted by molar-refractivity contribution is -0.142. The lowest BCUT2D eigenvalue weighted by atomic mass is 9.80. The molecule has 0 radical (unpaired) electrons. The van der Waals surface area contributed by atoms with E-state index in [4.69, 9.17) is 5.73 Å². The van der Waals surface area contributed by atoms with E-state index in [1.54, 1.807) is 4.90 Å². The van der Waals surface area contributed by atoms with Crippen LogP contribution >= 0.6 is 12.4 Å². The van der Waals surface area contributed by atoms with Gasteiger partial charge < -0.3 is 15.5 Å². The Morgan fingerprint density at radius 3 is 2.48 bits per heavy atom. The highest BCUT2D eigenvalue weighted by Crippen LogP contribution is 2.32. The van der Waals surface area contributed by atoms with Gasteiger partial charge in [0.1, 0.15) is 0 Å². The molecule has 6 heteroatoms. The number of nitrogens with zero attached hydrogens (tertiary/aromatic N) is 2. The number of benzene rings is 1. The number of carbonyl (C=O) groups is 2. The first-order valence-corrected chi connectivity index (χ1v) is 9.60. The van der Waals surface area contributed by atoms with Crippen molar-refractivity contribution in [2.24, 2.45) is 17.1 Å². The fourth-order valence-electron chi connectivity index (χ4n) is 3.59. The first-order valence-electron chi connectivity index (χ1n) is 9.60. The summed E-state index contributed by atoms with van der Waals surface area (Å²) in [5.74, 6) is 0.524. The third-order valence-corrected chi connectivity index (χ3v) is 5.52. The Kier molecular flexibility index (Phi) is 8.76. The van der Waals surface area contributed by atoms with E-state index in [1.165, 1.54) is 0 Å². The van der Waals surface area contributed by atoms with Crippen LogP contribution in [0, 0.1) is 11.3 Å². The minimum atomic E-state index is -0.528. The van der Waals surface area contributed by atoms with Gasteiger partial charge in [-0.25, -0.2) is 0 Å². The van der Waals surface area contributed by atoms with Gasteiger partial charge in [0.2, 0.25) is 5.91 Å². The van der Waals surface area contributed by atoms with Crippen LogP contribution in [-0.4, -0.2) is 54.3 Å². The van der Waals surface area contributed by atoms with Crippen LogP contribution in [0.1, 0.15) is 50.4 Å². The summed E-state index contributed by atoms with van der Waals surface area (Å²) in [5.41, 5.74) is 6.26. The number of piperidine rings is 1. The van der Waals surface area contributed by atoms with Gasteiger partial charge in [-0.3, -0.25) is 9.59 Å². The maximum absolute atomic E-state index is 13.1. The predicted octanol–water partition coefficient (Wildman–Crippen LogP) is 3.18. The van der Waals surface area contributed by atoms with Gasteiger partial charge in [-0.05, 0) is 44.2 Å². The smallest absolute Gasteiger partial charge is 0.253 e. The first-order chi connectivity index (χ1) is 12.2. The Bertz CT molecular complexity index is 623. The van der Waals surface area contributed by atoms with Gasteiger partial charge in [0.15, 0.2) is 0 Å². The van der Waals surface area contributed by atoms with Gasteiger partial charge >= 0.3 is 0 Å². The molecule has 1 saturated heterocycles. The molecule has 0 aliphatic carbocycles. The van der Waals surface area contributed by atoms with Gasteiger partial charge in [-0.15, -0.1) is 12.4 Å². The molecule has 1 fully saturated rings. The topological polar surface area (TPSA) is 66.6 Å². The minimum Gasteiger partial charge on any atom is -0.345 e. The normalized spacial score (nSPS) is 20.7. The zero-order valence-electron chi connectivity index (χ0n) is 17.0. The third kappa shape index (κ3) is 5.94. The lowest BCUT2D eigenvalue weighted by Crippen LogP contribution is -2.52. The van der Waals surface area contributed by atoms with Crippen LogP contribution < -0.4 is 5.73 Å². The molecule has 2 N–H and O–H groups in total. The molecule has 27 heavy (non-hydrogen) atoms. The largest absolute Gasteiger partial charge is 0.345 e. The second-order valence-corrected chi connectivity index (χ2v) is 8.18. The van der Waals surface area contributed by atoms with Crippen LogP contribution in [0.15, 0.2) is 30.3 Å². The fourth-order valence-corrected chi connectivity index (χ4v) is 3.59. The molecule has 2 atom stereocenters. The third-order valence-electron chi connectivity index (χ3n) is 5.52. The summed E-state index contributed by atoms with van der Waals surface area (Å²) in [6, 6.07) is 9.39. The van der Waals surface area contributed by atoms with Crippen LogP contribution in [0.5, 0.6) is 0 Å². The highest BCUT2D eigenvalue weighted by molar-refractivity contribution is 5.95. The van der Waals surface area contributed by atoms with Crippen molar-refractivity contribution in [3.8, 4) is 0 Å². The fraction of sp³-hybridized carbons (Fsp3) is 0.619. The zero-order chi connectivity index (χ0) is 19.3. The molecular weight excluding hydrogens is 362 g/mol. The minimum absolute atomic E-state index is 0. The Labute approximate surface area is 169 Å². The number of hydrogen-bond donors (Lipinski definition) is 1. The average Bonchev–Trinajstić information content (AvgIpc) is 2.65. The molecule has 0 spiro atoms. The van der Waals surface area contributed by atoms with Gasteiger partial charge in [-0.1, -0.05) is 32.0 Å². The maximum Gasteiger partial charge on any atom is 0.253 e. The SMILES string of the molecule is CC(C)C(N)CCN(C)C(=O)C1(C)CCCN(C(=O)c2ccccc2)C1.Cl. The van der Waals surface area contributed by atoms with Crippen molar-refractivity contribution < 1.29 is 9.59 Å². The summed E-state index contributed by atoms with van der Waals surface area (Å²) in [5, 5.41) is 0. The molecule has 1 aliphatic rings. The molecule has 2 unspecified atom stereocenters. The molecule has 1 heterocycles. The molecule has 2 rings (SSSR count). The van der Waals surface area contributed by atoms with E-state index >= 15 is 0 Å². The summed E-state index contributed by atoms with van der Waals surface area (Å²) in [7, 11) is 1.85. The van der Waals surface area contributed by atoms with E-state index in [0.29, 0.717) is 31.1 Å². The average molecular weight is 396 g/mol. The molecule has 0 saturated carbocycles. The van der Waals surface area contributed by atoms with E-state index < -0.39 is 5.41 Å². The molecule has 2 amide bonds. The van der Waals surface area contributed by atoms with Crippen LogP contribution in [-0.2, 0) is 4.79 Å². The number of halogens is 1. The number of nitrogens with two attached hydrogens (primary N) is 1. The van der Waals surface area contributed by atoms with Crippen LogP contribution in [0.4, 0.5) is 0 Å². The molecule has 0 bridgehead atoms. The Hall–Kier alpha value is -1.59. The molecule has 1 aromatic carbocycles. The Morgan fingerprint density at radius 1 is 1.26 bits per heavy atom. The van der Waals surface area contributed by atoms with Crippen molar-refractivity contribution in [3.63, 3.8) is 0 Å². The van der Waals surface area contributed by atoms with Crippen LogP contribution in [0.25, 0.3) is 0 Å². The second kappa shape index (κ2) is 10.1. The zero-order valence-corrected chi connectivity index (χ0v) is 17.8. The first kappa shape index (κ1) is 23.4. The maximum atomic E-state index is 13.1. The van der Waals surface area contributed by atoms with Crippen molar-refractivity contribution in [3.05, 3.63) is 35.9 Å². The summed E-state index contributed by atoms with van der Waals surface area (Å²) < 4.78 is 0. The number of amides is 2. The van der Waals surface area contributed by atoms with Gasteiger partial charge in [0, 0.05) is 38.3 Å². The van der Waals surface area contributed by atoms with E-state index in [0.717, 1.165) is 19.3 Å².